The molecule has 1 heteroatoms. The van der Waals surface area contributed by atoms with Gasteiger partial charge in [0.2, 0.25) is 0 Å². The van der Waals surface area contributed by atoms with Gasteiger partial charge in [0.05, 0.1) is 0 Å². The van der Waals surface area contributed by atoms with Crippen LogP contribution in [0, 0.1) is 0 Å². The van der Waals surface area contributed by atoms with Crippen molar-refractivity contribution in [3.05, 3.63) is 53.6 Å². The van der Waals surface area contributed by atoms with Crippen LogP contribution >= 0.6 is 0 Å². The molecular weight excluding hydrogens is 220 g/mol. The third-order valence-corrected chi connectivity index (χ3v) is 3.54. The van der Waals surface area contributed by atoms with Gasteiger partial charge in [-0.25, -0.2) is 0 Å². The van der Waals surface area contributed by atoms with Crippen LogP contribution in [0.1, 0.15) is 54.9 Å². The number of hydrogen-bond donors (Lipinski definition) is 0. The Morgan fingerprint density at radius 1 is 1.06 bits per heavy atom. The van der Waals surface area contributed by atoms with Crippen LogP contribution < -0.4 is 0 Å². The molecular formula is C17H20O. The largest absolute Gasteiger partial charge is 0.295 e. The maximum Gasteiger partial charge on any atom is 0.159 e. The summed E-state index contributed by atoms with van der Waals surface area (Å²) >= 11 is 0. The second kappa shape index (κ2) is 5.81. The molecule has 1 aromatic rings. The van der Waals surface area contributed by atoms with Crippen LogP contribution in [0.2, 0.25) is 0 Å². The number of allylic oxidation sites excluding steroid dienone is 3. The predicted molar refractivity (Wildman–Crippen MR) is 76.6 cm³/mol. The highest BCUT2D eigenvalue weighted by atomic mass is 16.1. The monoisotopic (exact) mass is 240 g/mol. The van der Waals surface area contributed by atoms with Crippen molar-refractivity contribution in [3.63, 3.8) is 0 Å². The third kappa shape index (κ3) is 3.19. The zero-order chi connectivity index (χ0) is 13.0. The minimum atomic E-state index is 0.109. The van der Waals surface area contributed by atoms with Gasteiger partial charge in [-0.15, -0.1) is 0 Å². The molecule has 1 fully saturated rings. The molecule has 1 aliphatic rings. The van der Waals surface area contributed by atoms with Gasteiger partial charge in [-0.3, -0.25) is 4.79 Å². The molecule has 1 aliphatic carbocycles. The average molecular weight is 240 g/mol. The molecule has 0 bridgehead atoms. The van der Waals surface area contributed by atoms with Crippen LogP contribution in [0.3, 0.4) is 0 Å². The molecule has 1 nitrogen and oxygen atoms in total. The van der Waals surface area contributed by atoms with Gasteiger partial charge in [-0.05, 0) is 43.7 Å². The van der Waals surface area contributed by atoms with E-state index in [2.05, 4.69) is 12.7 Å². The minimum absolute atomic E-state index is 0.109. The van der Waals surface area contributed by atoms with Crippen LogP contribution in [0.5, 0.6) is 0 Å². The lowest BCUT2D eigenvalue weighted by Crippen LogP contribution is -1.95. The first kappa shape index (κ1) is 12.8. The predicted octanol–water partition coefficient (Wildman–Crippen LogP) is 4.79. The normalized spacial score (nSPS) is 15.3. The Bertz CT molecular complexity index is 469. The molecule has 1 saturated carbocycles. The number of carbonyl (C=O) groups is 1. The van der Waals surface area contributed by atoms with Crippen LogP contribution in [-0.4, -0.2) is 5.78 Å². The van der Waals surface area contributed by atoms with Crippen molar-refractivity contribution in [2.24, 2.45) is 0 Å². The van der Waals surface area contributed by atoms with Gasteiger partial charge in [0.25, 0.3) is 0 Å². The van der Waals surface area contributed by atoms with E-state index in [0.717, 1.165) is 16.7 Å². The van der Waals surface area contributed by atoms with E-state index < -0.39 is 0 Å². The quantitative estimate of drug-likeness (QED) is 0.694. The van der Waals surface area contributed by atoms with Crippen molar-refractivity contribution in [2.45, 2.75) is 39.0 Å². The second-order valence-electron chi connectivity index (χ2n) is 5.02. The summed E-state index contributed by atoms with van der Waals surface area (Å²) in [6.07, 6.45) is 8.62. The zero-order valence-corrected chi connectivity index (χ0v) is 11.0. The van der Waals surface area contributed by atoms with Gasteiger partial charge >= 0.3 is 0 Å². The third-order valence-electron chi connectivity index (χ3n) is 3.54. The van der Waals surface area contributed by atoms with E-state index in [4.69, 9.17) is 0 Å². The van der Waals surface area contributed by atoms with Crippen LogP contribution in [0.25, 0.3) is 5.57 Å². The van der Waals surface area contributed by atoms with Crippen molar-refractivity contribution >= 4 is 11.4 Å². The van der Waals surface area contributed by atoms with E-state index >= 15 is 0 Å². The van der Waals surface area contributed by atoms with Crippen molar-refractivity contribution < 1.29 is 4.79 Å². The van der Waals surface area contributed by atoms with Gasteiger partial charge in [-0.2, -0.15) is 0 Å². The molecule has 1 aromatic carbocycles. The molecule has 0 saturated heterocycles. The van der Waals surface area contributed by atoms with Gasteiger partial charge in [0, 0.05) is 5.56 Å². The van der Waals surface area contributed by atoms with Crippen molar-refractivity contribution in [3.8, 4) is 0 Å². The Balaban J connectivity index is 2.11. The highest BCUT2D eigenvalue weighted by molar-refractivity contribution is 5.94. The summed E-state index contributed by atoms with van der Waals surface area (Å²) < 4.78 is 0. The Morgan fingerprint density at radius 3 is 2.17 bits per heavy atom. The summed E-state index contributed by atoms with van der Waals surface area (Å²) in [5.41, 5.74) is 4.44. The summed E-state index contributed by atoms with van der Waals surface area (Å²) in [6.45, 7) is 5.72. The van der Waals surface area contributed by atoms with Crippen molar-refractivity contribution in [1.29, 1.82) is 0 Å². The molecule has 0 N–H and O–H groups in total. The van der Waals surface area contributed by atoms with Crippen LogP contribution in [-0.2, 0) is 0 Å². The van der Waals surface area contributed by atoms with Gasteiger partial charge in [0.1, 0.15) is 0 Å². The summed E-state index contributed by atoms with van der Waals surface area (Å²) in [4.78, 5) is 11.2. The molecule has 0 heterocycles. The Hall–Kier alpha value is -1.63. The number of Topliss-reactive ketones (excluding diaryl/α,β-unsaturated/α-hetero) is 1. The number of benzene rings is 1. The molecule has 0 aromatic heterocycles. The van der Waals surface area contributed by atoms with Gasteiger partial charge < -0.3 is 0 Å². The molecule has 0 spiro atoms. The van der Waals surface area contributed by atoms with Gasteiger partial charge in [0.15, 0.2) is 5.78 Å². The number of ketones is 1. The molecule has 2 rings (SSSR count). The molecule has 0 unspecified atom stereocenters. The fraction of sp³-hybridized carbons (Fsp3) is 0.353. The smallest absolute Gasteiger partial charge is 0.159 e. The molecule has 94 valence electrons. The lowest BCUT2D eigenvalue weighted by atomic mass is 9.92. The maximum atomic E-state index is 11.2. The number of rotatable bonds is 3. The van der Waals surface area contributed by atoms with Gasteiger partial charge in [-0.1, -0.05) is 48.9 Å². The first-order valence-corrected chi connectivity index (χ1v) is 6.66. The molecule has 0 atom stereocenters. The van der Waals surface area contributed by atoms with Crippen molar-refractivity contribution in [1.82, 2.24) is 0 Å². The lowest BCUT2D eigenvalue weighted by molar-refractivity contribution is 0.101. The van der Waals surface area contributed by atoms with Crippen LogP contribution in [0.15, 0.2) is 42.5 Å². The Kier molecular flexibility index (Phi) is 4.14. The highest BCUT2D eigenvalue weighted by Crippen LogP contribution is 2.26. The van der Waals surface area contributed by atoms with E-state index in [1.807, 2.05) is 24.3 Å². The fourth-order valence-corrected chi connectivity index (χ4v) is 2.40. The van der Waals surface area contributed by atoms with E-state index in [1.165, 1.54) is 37.7 Å². The standard InChI is InChI=1S/C17H20O/c1-13(12-15-6-4-3-5-7-15)16-8-10-17(11-9-16)14(2)18/h8-12H,1,3-7H2,2H3. The topological polar surface area (TPSA) is 17.1 Å². The first-order valence-electron chi connectivity index (χ1n) is 6.66. The summed E-state index contributed by atoms with van der Waals surface area (Å²) in [5.74, 6) is 0.109. The Morgan fingerprint density at radius 2 is 1.61 bits per heavy atom. The average Bonchev–Trinajstić information content (AvgIpc) is 2.40. The summed E-state index contributed by atoms with van der Waals surface area (Å²) in [5, 5.41) is 0. The van der Waals surface area contributed by atoms with E-state index in [0.29, 0.717) is 0 Å². The van der Waals surface area contributed by atoms with Crippen LogP contribution in [0.4, 0.5) is 0 Å². The van der Waals surface area contributed by atoms with Crippen molar-refractivity contribution in [2.75, 3.05) is 0 Å². The zero-order valence-electron chi connectivity index (χ0n) is 11.0. The molecule has 0 aliphatic heterocycles. The lowest BCUT2D eigenvalue weighted by Gasteiger charge is -2.14. The SMILES string of the molecule is C=C(C=C1CCCCC1)c1ccc(C(C)=O)cc1. The molecule has 0 radical (unpaired) electrons. The molecule has 0 amide bonds. The summed E-state index contributed by atoms with van der Waals surface area (Å²) in [6, 6.07) is 7.72. The second-order valence-corrected chi connectivity index (χ2v) is 5.02. The Labute approximate surface area is 109 Å². The van der Waals surface area contributed by atoms with E-state index in [-0.39, 0.29) is 5.78 Å². The fourth-order valence-electron chi connectivity index (χ4n) is 2.40. The number of hydrogen-bond acceptors (Lipinski definition) is 1. The number of carbonyl (C=O) groups excluding carboxylic acids is 1. The van der Waals surface area contributed by atoms with E-state index in [1.54, 1.807) is 6.92 Å². The summed E-state index contributed by atoms with van der Waals surface area (Å²) in [7, 11) is 0. The highest BCUT2D eigenvalue weighted by Gasteiger charge is 2.06. The minimum Gasteiger partial charge on any atom is -0.295 e. The maximum absolute atomic E-state index is 11.2. The first-order chi connectivity index (χ1) is 8.66. The van der Waals surface area contributed by atoms with E-state index in [9.17, 15) is 4.79 Å². The molecule has 18 heavy (non-hydrogen) atoms.